The quantitative estimate of drug-likeness (QED) is 0.783. The van der Waals surface area contributed by atoms with Crippen molar-refractivity contribution in [3.05, 3.63) is 5.82 Å². The number of aromatic nitrogens is 3. The second-order valence-corrected chi connectivity index (χ2v) is 5.77. The molecule has 0 spiro atoms. The van der Waals surface area contributed by atoms with Gasteiger partial charge >= 0.3 is 0 Å². The molecular weight excluding hydrogens is 248 g/mol. The maximum atomic E-state index is 5.37. The Kier molecular flexibility index (Phi) is 3.65. The van der Waals surface area contributed by atoms with E-state index in [-0.39, 0.29) is 0 Å². The number of nitrogens with zero attached hydrogens (tertiary/aromatic N) is 4. The molecule has 1 aromatic heterocycles. The fourth-order valence-electron chi connectivity index (χ4n) is 2.39. The molecule has 6 heteroatoms. The van der Waals surface area contributed by atoms with E-state index in [4.69, 9.17) is 9.84 Å². The van der Waals surface area contributed by atoms with Crippen LogP contribution in [0.2, 0.25) is 0 Å². The molecule has 0 bridgehead atoms. The molecule has 2 aliphatic rings. The van der Waals surface area contributed by atoms with Gasteiger partial charge in [-0.25, -0.2) is 0 Å². The molecule has 1 fully saturated rings. The largest absolute Gasteiger partial charge is 0.381 e. The lowest BCUT2D eigenvalue weighted by Crippen LogP contribution is -2.27. The van der Waals surface area contributed by atoms with E-state index < -0.39 is 0 Å². The predicted molar refractivity (Wildman–Crippen MR) is 71.2 cm³/mol. The molecule has 0 saturated heterocycles. The molecule has 0 amide bonds. The second kappa shape index (κ2) is 5.40. The van der Waals surface area contributed by atoms with E-state index in [2.05, 4.69) is 10.2 Å². The van der Waals surface area contributed by atoms with E-state index >= 15 is 0 Å². The van der Waals surface area contributed by atoms with Crippen LogP contribution in [0.3, 0.4) is 0 Å². The first-order chi connectivity index (χ1) is 8.88. The fourth-order valence-corrected chi connectivity index (χ4v) is 3.57. The summed E-state index contributed by atoms with van der Waals surface area (Å²) in [6, 6.07) is 0. The van der Waals surface area contributed by atoms with E-state index in [9.17, 15) is 0 Å². The van der Waals surface area contributed by atoms with Gasteiger partial charge in [-0.15, -0.1) is 10.2 Å². The Morgan fingerprint density at radius 1 is 1.39 bits per heavy atom. The van der Waals surface area contributed by atoms with Crippen LogP contribution in [0.5, 0.6) is 0 Å². The summed E-state index contributed by atoms with van der Waals surface area (Å²) in [6.07, 6.45) is 5.71. The van der Waals surface area contributed by atoms with E-state index in [1.807, 2.05) is 23.4 Å². The fraction of sp³-hybridized carbons (Fsp3) is 0.750. The summed E-state index contributed by atoms with van der Waals surface area (Å²) in [4.78, 5) is 0. The minimum Gasteiger partial charge on any atom is -0.381 e. The normalized spacial score (nSPS) is 22.3. The molecule has 5 nitrogen and oxygen atoms in total. The molecule has 0 aromatic carbocycles. The topological polar surface area (TPSA) is 52.3 Å². The Labute approximate surface area is 111 Å². The molecule has 1 aromatic rings. The average molecular weight is 266 g/mol. The Morgan fingerprint density at radius 3 is 3.22 bits per heavy atom. The van der Waals surface area contributed by atoms with Crippen LogP contribution < -0.4 is 0 Å². The number of hydrogen-bond donors (Lipinski definition) is 0. The zero-order chi connectivity index (χ0) is 12.4. The van der Waals surface area contributed by atoms with Crippen molar-refractivity contribution in [1.82, 2.24) is 14.9 Å². The first-order valence-electron chi connectivity index (χ1n) is 6.65. The zero-order valence-electron chi connectivity index (χ0n) is 10.6. The highest BCUT2D eigenvalue weighted by atomic mass is 32.2. The number of ether oxygens (including phenoxy) is 1. The summed E-state index contributed by atoms with van der Waals surface area (Å²) in [5.41, 5.74) is 1.32. The van der Waals surface area contributed by atoms with Gasteiger partial charge in [0, 0.05) is 13.0 Å². The van der Waals surface area contributed by atoms with Gasteiger partial charge in [0.25, 0.3) is 0 Å². The Balaban J connectivity index is 1.79. The van der Waals surface area contributed by atoms with Crippen LogP contribution in [0, 0.1) is 0 Å². The molecule has 1 atom stereocenters. The summed E-state index contributed by atoms with van der Waals surface area (Å²) < 4.78 is 7.29. The minimum atomic E-state index is 0.537. The molecule has 98 valence electrons. The molecular formula is C12H18N4OS. The first-order valence-corrected chi connectivity index (χ1v) is 7.53. The van der Waals surface area contributed by atoms with Gasteiger partial charge in [0.2, 0.25) is 5.16 Å². The molecule has 0 radical (unpaired) electrons. The molecule has 1 aliphatic carbocycles. The lowest BCUT2D eigenvalue weighted by Gasteiger charge is -2.26. The lowest BCUT2D eigenvalue weighted by atomic mass is 9.98. The molecule has 18 heavy (non-hydrogen) atoms. The van der Waals surface area contributed by atoms with Gasteiger partial charge in [-0.1, -0.05) is 18.2 Å². The van der Waals surface area contributed by atoms with Crippen molar-refractivity contribution < 1.29 is 4.74 Å². The van der Waals surface area contributed by atoms with Gasteiger partial charge in [0.1, 0.15) is 0 Å². The average Bonchev–Trinajstić information content (AvgIpc) is 2.79. The minimum absolute atomic E-state index is 0.537. The van der Waals surface area contributed by atoms with E-state index in [0.717, 1.165) is 30.4 Å². The van der Waals surface area contributed by atoms with Crippen LogP contribution in [0.15, 0.2) is 10.3 Å². The van der Waals surface area contributed by atoms with Crippen molar-refractivity contribution >= 4 is 17.5 Å². The molecule has 2 heterocycles. The summed E-state index contributed by atoms with van der Waals surface area (Å²) in [5, 5.41) is 14.7. The smallest absolute Gasteiger partial charge is 0.212 e. The first kappa shape index (κ1) is 12.2. The third-order valence-electron chi connectivity index (χ3n) is 3.35. The molecule has 1 saturated carbocycles. The Bertz CT molecular complexity index is 457. The second-order valence-electron chi connectivity index (χ2n) is 4.60. The standard InChI is InChI=1S/C12H18N4OS/c1-2-17-8-7-11-13-14-12-16(11)15-9-5-3-4-6-10(9)18-12/h10H,2-8H2,1H3. The van der Waals surface area contributed by atoms with Gasteiger partial charge in [-0.3, -0.25) is 0 Å². The summed E-state index contributed by atoms with van der Waals surface area (Å²) >= 11 is 1.82. The van der Waals surface area contributed by atoms with Crippen molar-refractivity contribution in [2.45, 2.75) is 49.4 Å². The maximum absolute atomic E-state index is 5.37. The number of fused-ring (bicyclic) bond motifs is 2. The van der Waals surface area contributed by atoms with Gasteiger partial charge in [0.05, 0.1) is 17.6 Å². The van der Waals surface area contributed by atoms with Crippen LogP contribution in [-0.4, -0.2) is 39.0 Å². The SMILES string of the molecule is CCOCCc1nnc2n1N=C1CCCCC1S2. The monoisotopic (exact) mass is 266 g/mol. The van der Waals surface area contributed by atoms with Gasteiger partial charge in [-0.2, -0.15) is 9.78 Å². The van der Waals surface area contributed by atoms with Gasteiger partial charge in [-0.05, 0) is 26.2 Å². The molecule has 1 unspecified atom stereocenters. The summed E-state index contributed by atoms with van der Waals surface area (Å²) in [7, 11) is 0. The Hall–Kier alpha value is -0.880. The highest BCUT2D eigenvalue weighted by molar-refractivity contribution is 8.00. The zero-order valence-corrected chi connectivity index (χ0v) is 11.4. The number of thioether (sulfide) groups is 1. The van der Waals surface area contributed by atoms with Crippen molar-refractivity contribution in [2.24, 2.45) is 5.10 Å². The molecule has 0 N–H and O–H groups in total. The van der Waals surface area contributed by atoms with Crippen LogP contribution in [0.4, 0.5) is 0 Å². The highest BCUT2D eigenvalue weighted by Gasteiger charge is 2.29. The molecule has 1 aliphatic heterocycles. The molecule has 3 rings (SSSR count). The predicted octanol–water partition coefficient (Wildman–Crippen LogP) is 2.11. The summed E-state index contributed by atoms with van der Waals surface area (Å²) in [6.45, 7) is 3.43. The van der Waals surface area contributed by atoms with Crippen molar-refractivity contribution in [3.8, 4) is 0 Å². The van der Waals surface area contributed by atoms with Crippen LogP contribution >= 0.6 is 11.8 Å². The Morgan fingerprint density at radius 2 is 2.33 bits per heavy atom. The highest BCUT2D eigenvalue weighted by Crippen LogP contribution is 2.35. The van der Waals surface area contributed by atoms with Crippen LogP contribution in [-0.2, 0) is 11.2 Å². The van der Waals surface area contributed by atoms with Crippen molar-refractivity contribution in [2.75, 3.05) is 13.2 Å². The van der Waals surface area contributed by atoms with Crippen LogP contribution in [0.25, 0.3) is 0 Å². The van der Waals surface area contributed by atoms with E-state index in [1.165, 1.54) is 25.0 Å². The number of hydrogen-bond acceptors (Lipinski definition) is 5. The van der Waals surface area contributed by atoms with Crippen LogP contribution in [0.1, 0.15) is 38.4 Å². The van der Waals surface area contributed by atoms with E-state index in [0.29, 0.717) is 11.9 Å². The third-order valence-corrected chi connectivity index (χ3v) is 4.61. The number of rotatable bonds is 4. The van der Waals surface area contributed by atoms with Crippen molar-refractivity contribution in [3.63, 3.8) is 0 Å². The maximum Gasteiger partial charge on any atom is 0.212 e. The van der Waals surface area contributed by atoms with E-state index in [1.54, 1.807) is 0 Å². The van der Waals surface area contributed by atoms with Crippen molar-refractivity contribution in [1.29, 1.82) is 0 Å². The van der Waals surface area contributed by atoms with Gasteiger partial charge < -0.3 is 4.74 Å². The summed E-state index contributed by atoms with van der Waals surface area (Å²) in [5.74, 6) is 0.919. The van der Waals surface area contributed by atoms with Gasteiger partial charge in [0.15, 0.2) is 5.82 Å². The lowest BCUT2D eigenvalue weighted by molar-refractivity contribution is 0.149. The third kappa shape index (κ3) is 2.31.